The SMILES string of the molecule is OCC1(Cc2ccc(Br)cc2Cl)CCNC1. The van der Waals surface area contributed by atoms with Gasteiger partial charge in [-0.3, -0.25) is 0 Å². The standard InChI is InChI=1S/C12H15BrClNO/c13-10-2-1-9(11(14)5-10)6-12(8-16)3-4-15-7-12/h1-2,5,15-16H,3-4,6-8H2. The van der Waals surface area contributed by atoms with Crippen molar-refractivity contribution in [2.24, 2.45) is 5.41 Å². The first-order chi connectivity index (χ1) is 7.65. The Kier molecular flexibility index (Phi) is 3.90. The molecule has 1 aromatic rings. The van der Waals surface area contributed by atoms with Gasteiger partial charge in [0, 0.05) is 21.5 Å². The van der Waals surface area contributed by atoms with Crippen LogP contribution < -0.4 is 5.32 Å². The van der Waals surface area contributed by atoms with Gasteiger partial charge < -0.3 is 10.4 Å². The van der Waals surface area contributed by atoms with E-state index in [4.69, 9.17) is 11.6 Å². The van der Waals surface area contributed by atoms with Crippen LogP contribution in [0.25, 0.3) is 0 Å². The van der Waals surface area contributed by atoms with Crippen LogP contribution in [0.3, 0.4) is 0 Å². The van der Waals surface area contributed by atoms with Crippen molar-refractivity contribution >= 4 is 27.5 Å². The summed E-state index contributed by atoms with van der Waals surface area (Å²) in [4.78, 5) is 0. The minimum atomic E-state index is -0.0303. The van der Waals surface area contributed by atoms with E-state index in [0.29, 0.717) is 0 Å². The van der Waals surface area contributed by atoms with Crippen LogP contribution in [0.15, 0.2) is 22.7 Å². The van der Waals surface area contributed by atoms with E-state index in [2.05, 4.69) is 21.2 Å². The second kappa shape index (κ2) is 5.05. The lowest BCUT2D eigenvalue weighted by molar-refractivity contribution is 0.143. The van der Waals surface area contributed by atoms with Crippen LogP contribution >= 0.6 is 27.5 Å². The lowest BCUT2D eigenvalue weighted by Crippen LogP contribution is -2.30. The van der Waals surface area contributed by atoms with Crippen molar-refractivity contribution in [2.45, 2.75) is 12.8 Å². The third-order valence-electron chi connectivity index (χ3n) is 3.25. The molecule has 2 rings (SSSR count). The molecule has 0 radical (unpaired) electrons. The number of halogens is 2. The fraction of sp³-hybridized carbons (Fsp3) is 0.500. The first-order valence-corrected chi connectivity index (χ1v) is 6.58. The quantitative estimate of drug-likeness (QED) is 0.900. The van der Waals surface area contributed by atoms with Crippen LogP contribution in [0.5, 0.6) is 0 Å². The van der Waals surface area contributed by atoms with Gasteiger partial charge in [0.05, 0.1) is 6.61 Å². The predicted octanol–water partition coefficient (Wildman–Crippen LogP) is 2.62. The predicted molar refractivity (Wildman–Crippen MR) is 69.9 cm³/mol. The summed E-state index contributed by atoms with van der Waals surface area (Å²) in [6, 6.07) is 5.93. The van der Waals surface area contributed by atoms with Crippen molar-refractivity contribution in [3.63, 3.8) is 0 Å². The highest BCUT2D eigenvalue weighted by molar-refractivity contribution is 9.10. The molecular weight excluding hydrogens is 289 g/mol. The zero-order valence-electron chi connectivity index (χ0n) is 8.97. The molecule has 1 unspecified atom stereocenters. The summed E-state index contributed by atoms with van der Waals surface area (Å²) >= 11 is 9.59. The summed E-state index contributed by atoms with van der Waals surface area (Å²) in [6.45, 7) is 2.07. The third-order valence-corrected chi connectivity index (χ3v) is 4.09. The molecule has 16 heavy (non-hydrogen) atoms. The van der Waals surface area contributed by atoms with E-state index in [1.807, 2.05) is 18.2 Å². The molecule has 88 valence electrons. The molecule has 4 heteroatoms. The molecule has 0 saturated carbocycles. The molecule has 2 nitrogen and oxygen atoms in total. The maximum Gasteiger partial charge on any atom is 0.0503 e. The largest absolute Gasteiger partial charge is 0.396 e. The Hall–Kier alpha value is -0.0900. The smallest absolute Gasteiger partial charge is 0.0503 e. The molecule has 1 aliphatic rings. The van der Waals surface area contributed by atoms with Crippen molar-refractivity contribution in [2.75, 3.05) is 19.7 Å². The highest BCUT2D eigenvalue weighted by Crippen LogP contribution is 2.33. The molecule has 0 aliphatic carbocycles. The Balaban J connectivity index is 2.19. The maximum atomic E-state index is 9.53. The van der Waals surface area contributed by atoms with Gasteiger partial charge in [-0.25, -0.2) is 0 Å². The van der Waals surface area contributed by atoms with Crippen LogP contribution in [0.4, 0.5) is 0 Å². The number of nitrogens with one attached hydrogen (secondary N) is 1. The van der Waals surface area contributed by atoms with Gasteiger partial charge in [0.25, 0.3) is 0 Å². The molecule has 2 N–H and O–H groups in total. The van der Waals surface area contributed by atoms with Crippen LogP contribution in [0.1, 0.15) is 12.0 Å². The summed E-state index contributed by atoms with van der Waals surface area (Å²) in [7, 11) is 0. The van der Waals surface area contributed by atoms with Crippen LogP contribution in [-0.2, 0) is 6.42 Å². The Bertz CT molecular complexity index is 377. The molecule has 1 heterocycles. The maximum absolute atomic E-state index is 9.53. The minimum Gasteiger partial charge on any atom is -0.396 e. The van der Waals surface area contributed by atoms with E-state index in [1.54, 1.807) is 0 Å². The molecule has 1 aromatic carbocycles. The fourth-order valence-electron chi connectivity index (χ4n) is 2.21. The van der Waals surface area contributed by atoms with Gasteiger partial charge in [0.1, 0.15) is 0 Å². The van der Waals surface area contributed by atoms with E-state index in [1.165, 1.54) is 0 Å². The zero-order valence-corrected chi connectivity index (χ0v) is 11.3. The lowest BCUT2D eigenvalue weighted by atomic mass is 9.81. The molecule has 0 spiro atoms. The summed E-state index contributed by atoms with van der Waals surface area (Å²) < 4.78 is 0.990. The molecule has 0 aromatic heterocycles. The number of aliphatic hydroxyl groups excluding tert-OH is 1. The number of hydrogen-bond donors (Lipinski definition) is 2. The summed E-state index contributed by atoms with van der Waals surface area (Å²) in [5.41, 5.74) is 1.08. The van der Waals surface area contributed by atoms with Crippen LogP contribution in [-0.4, -0.2) is 24.8 Å². The van der Waals surface area contributed by atoms with Gasteiger partial charge >= 0.3 is 0 Å². The Morgan fingerprint density at radius 1 is 1.50 bits per heavy atom. The Labute approximate surface area is 109 Å². The summed E-state index contributed by atoms with van der Waals surface area (Å²) in [5.74, 6) is 0. The van der Waals surface area contributed by atoms with Gasteiger partial charge in [-0.05, 0) is 37.1 Å². The molecule has 1 fully saturated rings. The Morgan fingerprint density at radius 3 is 2.88 bits per heavy atom. The topological polar surface area (TPSA) is 32.3 Å². The molecular formula is C12H15BrClNO. The molecule has 1 saturated heterocycles. The first kappa shape index (κ1) is 12.4. The number of aliphatic hydroxyl groups is 1. The third kappa shape index (κ3) is 2.59. The fourth-order valence-corrected chi connectivity index (χ4v) is 2.95. The van der Waals surface area contributed by atoms with Crippen molar-refractivity contribution in [3.8, 4) is 0 Å². The molecule has 0 bridgehead atoms. The zero-order chi connectivity index (χ0) is 11.6. The van der Waals surface area contributed by atoms with Crippen molar-refractivity contribution in [1.82, 2.24) is 5.32 Å². The Morgan fingerprint density at radius 2 is 2.31 bits per heavy atom. The van der Waals surface area contributed by atoms with Gasteiger partial charge in [-0.15, -0.1) is 0 Å². The van der Waals surface area contributed by atoms with Crippen molar-refractivity contribution in [1.29, 1.82) is 0 Å². The normalized spacial score (nSPS) is 24.9. The van der Waals surface area contributed by atoms with E-state index in [0.717, 1.165) is 41.0 Å². The second-order valence-electron chi connectivity index (χ2n) is 4.50. The lowest BCUT2D eigenvalue weighted by Gasteiger charge is -2.26. The van der Waals surface area contributed by atoms with E-state index in [9.17, 15) is 5.11 Å². The average Bonchev–Trinajstić information content (AvgIpc) is 2.72. The first-order valence-electron chi connectivity index (χ1n) is 5.41. The second-order valence-corrected chi connectivity index (χ2v) is 5.82. The van der Waals surface area contributed by atoms with Crippen LogP contribution in [0.2, 0.25) is 5.02 Å². The molecule has 1 aliphatic heterocycles. The van der Waals surface area contributed by atoms with Crippen molar-refractivity contribution < 1.29 is 5.11 Å². The number of benzene rings is 1. The van der Waals surface area contributed by atoms with Gasteiger partial charge in [-0.2, -0.15) is 0 Å². The van der Waals surface area contributed by atoms with Crippen LogP contribution in [0, 0.1) is 5.41 Å². The monoisotopic (exact) mass is 303 g/mol. The number of rotatable bonds is 3. The summed E-state index contributed by atoms with van der Waals surface area (Å²) in [6.07, 6.45) is 1.85. The minimum absolute atomic E-state index is 0.0303. The molecule has 0 amide bonds. The van der Waals surface area contributed by atoms with E-state index >= 15 is 0 Å². The van der Waals surface area contributed by atoms with E-state index in [-0.39, 0.29) is 12.0 Å². The van der Waals surface area contributed by atoms with Gasteiger partial charge in [0.15, 0.2) is 0 Å². The summed E-state index contributed by atoms with van der Waals surface area (Å²) in [5, 5.41) is 13.6. The highest BCUT2D eigenvalue weighted by atomic mass is 79.9. The van der Waals surface area contributed by atoms with Gasteiger partial charge in [-0.1, -0.05) is 33.6 Å². The van der Waals surface area contributed by atoms with Crippen molar-refractivity contribution in [3.05, 3.63) is 33.3 Å². The van der Waals surface area contributed by atoms with E-state index < -0.39 is 0 Å². The average molecular weight is 305 g/mol. The van der Waals surface area contributed by atoms with Gasteiger partial charge in [0.2, 0.25) is 0 Å². The highest BCUT2D eigenvalue weighted by Gasteiger charge is 2.33. The molecule has 1 atom stereocenters. The number of hydrogen-bond acceptors (Lipinski definition) is 2.